The average Bonchev–Trinajstić information content (AvgIpc) is 3.29. The molecule has 3 heterocycles. The third-order valence-electron chi connectivity index (χ3n) is 5.10. The molecular formula is C19H21F2N3O3S. The maximum Gasteiger partial charge on any atom is 0.586 e. The van der Waals surface area contributed by atoms with Crippen LogP contribution in [-0.4, -0.2) is 45.1 Å². The first-order chi connectivity index (χ1) is 13.4. The van der Waals surface area contributed by atoms with Crippen LogP contribution in [0.5, 0.6) is 11.5 Å². The van der Waals surface area contributed by atoms with Crippen molar-refractivity contribution < 1.29 is 23.0 Å². The topological polar surface area (TPSA) is 67.5 Å². The van der Waals surface area contributed by atoms with Crippen molar-refractivity contribution in [3.63, 3.8) is 0 Å². The third-order valence-corrected chi connectivity index (χ3v) is 6.01. The highest BCUT2D eigenvalue weighted by atomic mass is 32.2. The zero-order valence-corrected chi connectivity index (χ0v) is 16.4. The fraction of sp³-hybridized carbons (Fsp3) is 0.474. The molecule has 0 spiro atoms. The van der Waals surface area contributed by atoms with Gasteiger partial charge in [0.2, 0.25) is 5.91 Å². The van der Waals surface area contributed by atoms with Gasteiger partial charge < -0.3 is 19.4 Å². The quantitative estimate of drug-likeness (QED) is 0.820. The summed E-state index contributed by atoms with van der Waals surface area (Å²) >= 11 is 1.53. The van der Waals surface area contributed by atoms with E-state index in [0.717, 1.165) is 19.3 Å². The summed E-state index contributed by atoms with van der Waals surface area (Å²) in [6.45, 7) is 2.62. The number of aromatic nitrogens is 2. The molecule has 6 nitrogen and oxygen atoms in total. The molecular weight excluding hydrogens is 388 g/mol. The number of hydrogen-bond acceptors (Lipinski definition) is 5. The maximum atomic E-state index is 13.2. The Kier molecular flexibility index (Phi) is 4.95. The Hall–Kier alpha value is -2.29. The molecule has 1 amide bonds. The van der Waals surface area contributed by atoms with Crippen LogP contribution in [0.15, 0.2) is 24.4 Å². The van der Waals surface area contributed by atoms with E-state index in [0.29, 0.717) is 23.6 Å². The Bertz CT molecular complexity index is 889. The summed E-state index contributed by atoms with van der Waals surface area (Å²) in [4.78, 5) is 22.4. The van der Waals surface area contributed by atoms with Crippen molar-refractivity contribution in [2.24, 2.45) is 0 Å². The number of thioether (sulfide) groups is 1. The zero-order valence-electron chi connectivity index (χ0n) is 15.6. The van der Waals surface area contributed by atoms with Gasteiger partial charge in [-0.15, -0.1) is 8.78 Å². The molecule has 1 saturated heterocycles. The minimum Gasteiger partial charge on any atom is -0.395 e. The van der Waals surface area contributed by atoms with Crippen LogP contribution in [0, 0.1) is 0 Å². The van der Waals surface area contributed by atoms with E-state index < -0.39 is 6.29 Å². The number of halogens is 2. The average molecular weight is 409 g/mol. The number of nitrogens with zero attached hydrogens (tertiary/aromatic N) is 2. The van der Waals surface area contributed by atoms with E-state index in [1.165, 1.54) is 23.9 Å². The highest BCUT2D eigenvalue weighted by molar-refractivity contribution is 7.99. The van der Waals surface area contributed by atoms with Gasteiger partial charge in [0.15, 0.2) is 11.5 Å². The number of likely N-dealkylation sites (tertiary alicyclic amines) is 1. The number of benzene rings is 1. The molecule has 1 N–H and O–H groups in total. The Morgan fingerprint density at radius 2 is 2.14 bits per heavy atom. The van der Waals surface area contributed by atoms with Crippen LogP contribution < -0.4 is 9.47 Å². The fourth-order valence-electron chi connectivity index (χ4n) is 3.58. The summed E-state index contributed by atoms with van der Waals surface area (Å²) < 4.78 is 35.4. The smallest absolute Gasteiger partial charge is 0.395 e. The monoisotopic (exact) mass is 409 g/mol. The highest BCUT2D eigenvalue weighted by Gasteiger charge is 2.43. The predicted octanol–water partition coefficient (Wildman–Crippen LogP) is 4.20. The number of imidazole rings is 1. The highest BCUT2D eigenvalue weighted by Crippen LogP contribution is 2.43. The second-order valence-corrected chi connectivity index (χ2v) is 8.10. The molecule has 0 radical (unpaired) electrons. The van der Waals surface area contributed by atoms with Crippen molar-refractivity contribution in [1.29, 1.82) is 0 Å². The molecule has 2 aliphatic heterocycles. The largest absolute Gasteiger partial charge is 0.586 e. The van der Waals surface area contributed by atoms with E-state index >= 15 is 0 Å². The molecule has 1 aromatic heterocycles. The van der Waals surface area contributed by atoms with Crippen molar-refractivity contribution in [2.75, 3.05) is 12.8 Å². The van der Waals surface area contributed by atoms with Gasteiger partial charge in [-0.2, -0.15) is 11.8 Å². The van der Waals surface area contributed by atoms with Crippen LogP contribution in [0.25, 0.3) is 11.3 Å². The van der Waals surface area contributed by atoms with Gasteiger partial charge in [-0.05, 0) is 50.6 Å². The molecule has 9 heteroatoms. The first-order valence-corrected chi connectivity index (χ1v) is 10.5. The number of ether oxygens (including phenoxy) is 2. The normalized spacial score (nSPS) is 21.6. The van der Waals surface area contributed by atoms with Crippen molar-refractivity contribution in [3.05, 3.63) is 30.2 Å². The number of alkyl halides is 2. The molecule has 150 valence electrons. The standard InChI is InChI=1S/C19H21F2N3O3S/c1-11(28-2)18(25)24-8-4-3-5-14(24)17-22-10-13(23-17)12-6-7-15-16(9-12)27-19(20,21)26-15/h6-7,9-11,14H,3-5,8H2,1-2H3,(H,22,23). The molecule has 28 heavy (non-hydrogen) atoms. The molecule has 0 bridgehead atoms. The number of carbonyl (C=O) groups excluding carboxylic acids is 1. The molecule has 1 fully saturated rings. The Balaban J connectivity index is 1.58. The third kappa shape index (κ3) is 3.55. The first-order valence-electron chi connectivity index (χ1n) is 9.17. The zero-order chi connectivity index (χ0) is 19.9. The van der Waals surface area contributed by atoms with Crippen molar-refractivity contribution in [1.82, 2.24) is 14.9 Å². The number of aromatic amines is 1. The SMILES string of the molecule is CSC(C)C(=O)N1CCCCC1c1nc(-c2ccc3c(c2)OC(F)(F)O3)c[nH]1. The van der Waals surface area contributed by atoms with Gasteiger partial charge >= 0.3 is 6.29 Å². The molecule has 2 unspecified atom stereocenters. The van der Waals surface area contributed by atoms with E-state index in [1.54, 1.807) is 12.3 Å². The molecule has 0 aliphatic carbocycles. The van der Waals surface area contributed by atoms with Crippen LogP contribution in [0.4, 0.5) is 8.78 Å². The maximum absolute atomic E-state index is 13.2. The second kappa shape index (κ2) is 7.27. The van der Waals surface area contributed by atoms with E-state index in [4.69, 9.17) is 0 Å². The number of H-pyrrole nitrogens is 1. The molecule has 1 aromatic carbocycles. The van der Waals surface area contributed by atoms with Gasteiger partial charge in [-0.1, -0.05) is 0 Å². The minimum absolute atomic E-state index is 0.000357. The van der Waals surface area contributed by atoms with Crippen molar-refractivity contribution in [3.8, 4) is 22.8 Å². The number of carbonyl (C=O) groups is 1. The van der Waals surface area contributed by atoms with Gasteiger partial charge in [0.25, 0.3) is 0 Å². The van der Waals surface area contributed by atoms with E-state index in [-0.39, 0.29) is 28.7 Å². The van der Waals surface area contributed by atoms with Gasteiger partial charge in [0.05, 0.1) is 17.0 Å². The van der Waals surface area contributed by atoms with Crippen LogP contribution in [0.2, 0.25) is 0 Å². The summed E-state index contributed by atoms with van der Waals surface area (Å²) in [5, 5.41) is -0.106. The number of fused-ring (bicyclic) bond motifs is 1. The minimum atomic E-state index is -3.64. The van der Waals surface area contributed by atoms with Crippen molar-refractivity contribution in [2.45, 2.75) is 43.8 Å². The van der Waals surface area contributed by atoms with E-state index in [2.05, 4.69) is 19.4 Å². The fourth-order valence-corrected chi connectivity index (χ4v) is 3.91. The molecule has 4 rings (SSSR count). The van der Waals surface area contributed by atoms with Gasteiger partial charge in [0, 0.05) is 18.3 Å². The van der Waals surface area contributed by atoms with Gasteiger partial charge in [-0.3, -0.25) is 4.79 Å². The van der Waals surface area contributed by atoms with Gasteiger partial charge in [0.1, 0.15) is 5.82 Å². The Labute approximate surface area is 165 Å². The first kappa shape index (κ1) is 19.0. The lowest BCUT2D eigenvalue weighted by molar-refractivity contribution is -0.286. The van der Waals surface area contributed by atoms with E-state index in [1.807, 2.05) is 18.1 Å². The predicted molar refractivity (Wildman–Crippen MR) is 102 cm³/mol. The summed E-state index contributed by atoms with van der Waals surface area (Å²) in [5.74, 6) is 0.801. The van der Waals surface area contributed by atoms with Crippen LogP contribution in [0.3, 0.4) is 0 Å². The number of amides is 1. The number of rotatable bonds is 4. The summed E-state index contributed by atoms with van der Waals surface area (Å²) in [6, 6.07) is 4.47. The number of hydrogen-bond donors (Lipinski definition) is 1. The molecule has 0 saturated carbocycles. The second-order valence-electron chi connectivity index (χ2n) is 6.92. The van der Waals surface area contributed by atoms with Crippen LogP contribution in [-0.2, 0) is 4.79 Å². The summed E-state index contributed by atoms with van der Waals surface area (Å²) in [5.41, 5.74) is 1.24. The lowest BCUT2D eigenvalue weighted by atomic mass is 10.0. The molecule has 2 atom stereocenters. The molecule has 2 aliphatic rings. The lowest BCUT2D eigenvalue weighted by Gasteiger charge is -2.36. The Morgan fingerprint density at radius 3 is 2.93 bits per heavy atom. The summed E-state index contributed by atoms with van der Waals surface area (Å²) in [6.07, 6.45) is 2.85. The van der Waals surface area contributed by atoms with Crippen LogP contribution >= 0.6 is 11.8 Å². The van der Waals surface area contributed by atoms with Gasteiger partial charge in [-0.25, -0.2) is 4.98 Å². The van der Waals surface area contributed by atoms with Crippen LogP contribution in [0.1, 0.15) is 38.1 Å². The Morgan fingerprint density at radius 1 is 1.36 bits per heavy atom. The summed E-state index contributed by atoms with van der Waals surface area (Å²) in [7, 11) is 0. The van der Waals surface area contributed by atoms with E-state index in [9.17, 15) is 13.6 Å². The van der Waals surface area contributed by atoms with Crippen molar-refractivity contribution >= 4 is 17.7 Å². The molecule has 2 aromatic rings. The lowest BCUT2D eigenvalue weighted by Crippen LogP contribution is -2.42. The number of nitrogens with one attached hydrogen (secondary N) is 1. The number of piperidine rings is 1.